The zero-order valence-electron chi connectivity index (χ0n) is 11.5. The number of carbonyl (C=O) groups is 2. The zero-order valence-corrected chi connectivity index (χ0v) is 11.5. The van der Waals surface area contributed by atoms with Gasteiger partial charge in [-0.15, -0.1) is 0 Å². The van der Waals surface area contributed by atoms with E-state index in [4.69, 9.17) is 0 Å². The van der Waals surface area contributed by atoms with Crippen molar-refractivity contribution in [3.63, 3.8) is 0 Å². The molecule has 5 nitrogen and oxygen atoms in total. The quantitative estimate of drug-likeness (QED) is 0.786. The number of benzene rings is 1. The molecule has 1 saturated heterocycles. The molecule has 0 spiro atoms. The fourth-order valence-electron chi connectivity index (χ4n) is 2.29. The second-order valence-electron chi connectivity index (χ2n) is 5.11. The number of halogens is 1. The minimum absolute atomic E-state index is 0.0837. The van der Waals surface area contributed by atoms with Crippen molar-refractivity contribution in [2.45, 2.75) is 13.8 Å². The largest absolute Gasteiger partial charge is 0.326 e. The van der Waals surface area contributed by atoms with Crippen LogP contribution >= 0.6 is 0 Å². The molecule has 1 fully saturated rings. The Morgan fingerprint density at radius 2 is 2.05 bits per heavy atom. The van der Waals surface area contributed by atoms with Crippen molar-refractivity contribution >= 4 is 23.2 Å². The van der Waals surface area contributed by atoms with Gasteiger partial charge in [0, 0.05) is 19.2 Å². The normalized spacial score (nSPS) is 21.6. The highest BCUT2D eigenvalue weighted by Crippen LogP contribution is 2.23. The van der Waals surface area contributed by atoms with Gasteiger partial charge in [0.2, 0.25) is 11.8 Å². The van der Waals surface area contributed by atoms with Gasteiger partial charge in [-0.2, -0.15) is 0 Å². The number of anilines is 2. The highest BCUT2D eigenvalue weighted by Gasteiger charge is 2.29. The number of nitrogens with one attached hydrogen (secondary N) is 3. The van der Waals surface area contributed by atoms with Gasteiger partial charge >= 0.3 is 0 Å². The van der Waals surface area contributed by atoms with E-state index in [1.807, 2.05) is 6.92 Å². The van der Waals surface area contributed by atoms with Gasteiger partial charge in [-0.3, -0.25) is 9.59 Å². The maximum Gasteiger partial charge on any atom is 0.229 e. The Balaban J connectivity index is 2.11. The number of hydrogen-bond donors (Lipinski definition) is 3. The molecule has 2 amide bonds. The van der Waals surface area contributed by atoms with Crippen molar-refractivity contribution in [1.82, 2.24) is 5.32 Å². The van der Waals surface area contributed by atoms with E-state index in [-0.39, 0.29) is 29.3 Å². The molecule has 0 aliphatic carbocycles. The lowest BCUT2D eigenvalue weighted by molar-refractivity contribution is -0.120. The molecule has 0 saturated carbocycles. The second-order valence-corrected chi connectivity index (χ2v) is 5.11. The average Bonchev–Trinajstić information content (AvgIpc) is 2.79. The summed E-state index contributed by atoms with van der Waals surface area (Å²) in [5, 5.41) is 8.27. The van der Waals surface area contributed by atoms with Crippen molar-refractivity contribution < 1.29 is 14.0 Å². The lowest BCUT2D eigenvalue weighted by atomic mass is 9.97. The van der Waals surface area contributed by atoms with Gasteiger partial charge in [0.05, 0.1) is 11.6 Å². The van der Waals surface area contributed by atoms with E-state index < -0.39 is 5.82 Å². The molecule has 1 aliphatic rings. The Kier molecular flexibility index (Phi) is 4.34. The van der Waals surface area contributed by atoms with Crippen LogP contribution in [0.2, 0.25) is 0 Å². The summed E-state index contributed by atoms with van der Waals surface area (Å²) in [5.74, 6) is -0.926. The van der Waals surface area contributed by atoms with Gasteiger partial charge in [0.25, 0.3) is 0 Å². The minimum atomic E-state index is -0.522. The van der Waals surface area contributed by atoms with Gasteiger partial charge in [0.15, 0.2) is 0 Å². The van der Waals surface area contributed by atoms with Crippen molar-refractivity contribution in [2.75, 3.05) is 23.7 Å². The molecule has 1 aromatic rings. The molecule has 6 heteroatoms. The smallest absolute Gasteiger partial charge is 0.229 e. The predicted octanol–water partition coefficient (Wildman–Crippen LogP) is 1.58. The third-order valence-electron chi connectivity index (χ3n) is 3.40. The molecular formula is C14H18FN3O2. The molecule has 0 radical (unpaired) electrons. The topological polar surface area (TPSA) is 70.2 Å². The summed E-state index contributed by atoms with van der Waals surface area (Å²) in [6, 6.07) is 4.09. The summed E-state index contributed by atoms with van der Waals surface area (Å²) in [7, 11) is 0. The summed E-state index contributed by atoms with van der Waals surface area (Å²) in [6.07, 6.45) is 0. The number of amides is 2. The Bertz CT molecular complexity index is 533. The Hall–Kier alpha value is -1.95. The van der Waals surface area contributed by atoms with Gasteiger partial charge < -0.3 is 16.0 Å². The first kappa shape index (κ1) is 14.5. The Morgan fingerprint density at radius 3 is 2.65 bits per heavy atom. The summed E-state index contributed by atoms with van der Waals surface area (Å²) >= 11 is 0. The van der Waals surface area contributed by atoms with Gasteiger partial charge in [0.1, 0.15) is 5.82 Å². The fourth-order valence-corrected chi connectivity index (χ4v) is 2.29. The van der Waals surface area contributed by atoms with E-state index in [1.54, 1.807) is 0 Å². The second kappa shape index (κ2) is 6.00. The highest BCUT2D eigenvalue weighted by atomic mass is 19.1. The molecule has 1 aliphatic heterocycles. The monoisotopic (exact) mass is 279 g/mol. The molecule has 1 aromatic carbocycles. The van der Waals surface area contributed by atoms with Crippen LogP contribution in [-0.2, 0) is 9.59 Å². The van der Waals surface area contributed by atoms with E-state index >= 15 is 0 Å². The molecule has 2 atom stereocenters. The van der Waals surface area contributed by atoms with Gasteiger partial charge in [-0.05, 0) is 30.7 Å². The van der Waals surface area contributed by atoms with Crippen LogP contribution in [0.3, 0.4) is 0 Å². The van der Waals surface area contributed by atoms with Crippen LogP contribution in [0.4, 0.5) is 15.8 Å². The standard InChI is InChI=1S/C14H18FN3O2/c1-8-6-16-7-11(8)14(20)18-13-5-10(17-9(2)19)3-4-12(13)15/h3-5,8,11,16H,6-7H2,1-2H3,(H,17,19)(H,18,20)/t8-,11-/m1/s1. The minimum Gasteiger partial charge on any atom is -0.326 e. The predicted molar refractivity (Wildman–Crippen MR) is 74.9 cm³/mol. The van der Waals surface area contributed by atoms with Crippen molar-refractivity contribution in [3.8, 4) is 0 Å². The van der Waals surface area contributed by atoms with Crippen LogP contribution in [0.5, 0.6) is 0 Å². The van der Waals surface area contributed by atoms with Gasteiger partial charge in [-0.25, -0.2) is 4.39 Å². The van der Waals surface area contributed by atoms with Crippen LogP contribution in [0.25, 0.3) is 0 Å². The molecular weight excluding hydrogens is 261 g/mol. The van der Waals surface area contributed by atoms with Crippen LogP contribution in [0.15, 0.2) is 18.2 Å². The molecule has 0 bridgehead atoms. The molecule has 108 valence electrons. The van der Waals surface area contributed by atoms with Crippen LogP contribution in [0.1, 0.15) is 13.8 Å². The molecule has 0 unspecified atom stereocenters. The summed E-state index contributed by atoms with van der Waals surface area (Å²) < 4.78 is 13.7. The molecule has 3 N–H and O–H groups in total. The third-order valence-corrected chi connectivity index (χ3v) is 3.40. The van der Waals surface area contributed by atoms with E-state index in [1.165, 1.54) is 25.1 Å². The summed E-state index contributed by atoms with van der Waals surface area (Å²) in [6.45, 7) is 4.73. The Labute approximate surface area is 116 Å². The van der Waals surface area contributed by atoms with E-state index in [9.17, 15) is 14.0 Å². The van der Waals surface area contributed by atoms with E-state index in [2.05, 4.69) is 16.0 Å². The molecule has 1 heterocycles. The maximum atomic E-state index is 13.7. The summed E-state index contributed by atoms with van der Waals surface area (Å²) in [5.41, 5.74) is 0.534. The first-order valence-corrected chi connectivity index (χ1v) is 6.56. The third kappa shape index (κ3) is 3.33. The van der Waals surface area contributed by atoms with Crippen LogP contribution < -0.4 is 16.0 Å². The van der Waals surface area contributed by atoms with Crippen molar-refractivity contribution in [2.24, 2.45) is 11.8 Å². The highest BCUT2D eigenvalue weighted by molar-refractivity contribution is 5.95. The van der Waals surface area contributed by atoms with E-state index in [0.29, 0.717) is 12.2 Å². The molecule has 0 aromatic heterocycles. The zero-order chi connectivity index (χ0) is 14.7. The fraction of sp³-hybridized carbons (Fsp3) is 0.429. The van der Waals surface area contributed by atoms with Crippen LogP contribution in [-0.4, -0.2) is 24.9 Å². The average molecular weight is 279 g/mol. The lowest BCUT2D eigenvalue weighted by Crippen LogP contribution is -2.28. The van der Waals surface area contributed by atoms with E-state index in [0.717, 1.165) is 6.54 Å². The van der Waals surface area contributed by atoms with Crippen molar-refractivity contribution in [3.05, 3.63) is 24.0 Å². The van der Waals surface area contributed by atoms with Crippen LogP contribution in [0, 0.1) is 17.7 Å². The van der Waals surface area contributed by atoms with Crippen molar-refractivity contribution in [1.29, 1.82) is 0 Å². The lowest BCUT2D eigenvalue weighted by Gasteiger charge is -2.15. The van der Waals surface area contributed by atoms with Gasteiger partial charge in [-0.1, -0.05) is 6.92 Å². The number of hydrogen-bond acceptors (Lipinski definition) is 3. The SMILES string of the molecule is CC(=O)Nc1ccc(F)c(NC(=O)[C@@H]2CNC[C@H]2C)c1. The Morgan fingerprint density at radius 1 is 1.30 bits per heavy atom. The molecule has 20 heavy (non-hydrogen) atoms. The first-order valence-electron chi connectivity index (χ1n) is 6.56. The first-order chi connectivity index (χ1) is 9.47. The number of carbonyl (C=O) groups excluding carboxylic acids is 2. The molecule has 2 rings (SSSR count). The number of rotatable bonds is 3. The maximum absolute atomic E-state index is 13.7. The summed E-state index contributed by atoms with van der Waals surface area (Å²) in [4.78, 5) is 23.1.